The van der Waals surface area contributed by atoms with Gasteiger partial charge in [-0.2, -0.15) is 0 Å². The molecule has 0 unspecified atom stereocenters. The summed E-state index contributed by atoms with van der Waals surface area (Å²) in [4.78, 5) is 32.7. The molecule has 5 rings (SSSR count). The van der Waals surface area contributed by atoms with Gasteiger partial charge in [-0.1, -0.05) is 36.4 Å². The maximum absolute atomic E-state index is 13.6. The van der Waals surface area contributed by atoms with Crippen molar-refractivity contribution in [3.63, 3.8) is 0 Å². The van der Waals surface area contributed by atoms with Gasteiger partial charge < -0.3 is 19.6 Å². The van der Waals surface area contributed by atoms with Crippen LogP contribution >= 0.6 is 0 Å². The van der Waals surface area contributed by atoms with E-state index in [0.717, 1.165) is 24.0 Å². The van der Waals surface area contributed by atoms with Crippen molar-refractivity contribution in [2.75, 3.05) is 32.5 Å². The lowest BCUT2D eigenvalue weighted by atomic mass is 9.99. The Hall–Kier alpha value is -3.64. The highest BCUT2D eigenvalue weighted by atomic mass is 16.3. The number of H-pyrrole nitrogens is 1. The third kappa shape index (κ3) is 3.24. The molecular weight excluding hydrogens is 402 g/mol. The van der Waals surface area contributed by atoms with Crippen molar-refractivity contribution in [2.45, 2.75) is 13.3 Å². The molecule has 1 heterocycles. The quantitative estimate of drug-likeness (QED) is 0.243. The molecule has 0 spiro atoms. The van der Waals surface area contributed by atoms with Gasteiger partial charge in [-0.15, -0.1) is 0 Å². The van der Waals surface area contributed by atoms with E-state index in [-0.39, 0.29) is 10.9 Å². The first-order valence-electron chi connectivity index (χ1n) is 10.8. The molecular formula is C26H25N3O3. The predicted molar refractivity (Wildman–Crippen MR) is 132 cm³/mol. The summed E-state index contributed by atoms with van der Waals surface area (Å²) in [5.41, 5.74) is 3.91. The van der Waals surface area contributed by atoms with E-state index >= 15 is 0 Å². The van der Waals surface area contributed by atoms with Crippen molar-refractivity contribution < 1.29 is 4.42 Å². The Morgan fingerprint density at radius 2 is 1.62 bits per heavy atom. The smallest absolute Gasteiger partial charge is 0.196 e. The average molecular weight is 428 g/mol. The van der Waals surface area contributed by atoms with Gasteiger partial charge >= 0.3 is 0 Å². The molecule has 4 aromatic carbocycles. The van der Waals surface area contributed by atoms with Gasteiger partial charge in [0.15, 0.2) is 22.0 Å². The number of nitrogens with zero attached hydrogens (tertiary/aromatic N) is 1. The lowest BCUT2D eigenvalue weighted by molar-refractivity contribution is 0.405. The molecule has 2 N–H and O–H groups in total. The van der Waals surface area contributed by atoms with Crippen LogP contribution in [0.3, 0.4) is 0 Å². The fourth-order valence-corrected chi connectivity index (χ4v) is 4.36. The van der Waals surface area contributed by atoms with Crippen LogP contribution in [0.25, 0.3) is 43.7 Å². The highest BCUT2D eigenvalue weighted by Crippen LogP contribution is 2.31. The molecule has 32 heavy (non-hydrogen) atoms. The first-order chi connectivity index (χ1) is 15.5. The van der Waals surface area contributed by atoms with E-state index in [1.54, 1.807) is 24.3 Å². The van der Waals surface area contributed by atoms with Gasteiger partial charge in [-0.3, -0.25) is 9.59 Å². The number of para-hydroxylation sites is 1. The summed E-state index contributed by atoms with van der Waals surface area (Å²) in [6.07, 6.45) is 0.902. The van der Waals surface area contributed by atoms with E-state index in [1.165, 1.54) is 0 Å². The van der Waals surface area contributed by atoms with Gasteiger partial charge in [0.2, 0.25) is 0 Å². The summed E-state index contributed by atoms with van der Waals surface area (Å²) >= 11 is 0. The summed E-state index contributed by atoms with van der Waals surface area (Å²) in [5, 5.41) is 5.03. The van der Waals surface area contributed by atoms with Gasteiger partial charge in [0, 0.05) is 29.1 Å². The van der Waals surface area contributed by atoms with Crippen LogP contribution in [-0.2, 0) is 0 Å². The van der Waals surface area contributed by atoms with Crippen LogP contribution < -0.4 is 16.2 Å². The topological polar surface area (TPSA) is 78.3 Å². The summed E-state index contributed by atoms with van der Waals surface area (Å²) in [6, 6.07) is 14.7. The maximum atomic E-state index is 13.6. The molecule has 0 aliphatic carbocycles. The number of rotatable bonds is 5. The standard InChI is InChI=1S/C26H25N3O3/c1-15-8-6-11-19-23(15)28-24-20(32-19)14-18(27-12-7-13-29(2)3)21-22(24)26(31)17-10-5-4-9-16(17)25(21)30/h4-6,8-11,14,27-28H,7,12-13H2,1-3H3. The van der Waals surface area contributed by atoms with E-state index in [9.17, 15) is 9.59 Å². The Bertz CT molecular complexity index is 1610. The summed E-state index contributed by atoms with van der Waals surface area (Å²) < 4.78 is 6.21. The average Bonchev–Trinajstić information content (AvgIpc) is 2.78. The molecule has 0 aliphatic heterocycles. The van der Waals surface area contributed by atoms with Crippen LogP contribution in [0.5, 0.6) is 0 Å². The predicted octanol–water partition coefficient (Wildman–Crippen LogP) is 4.61. The van der Waals surface area contributed by atoms with Gasteiger partial charge in [0.05, 0.1) is 21.8 Å². The van der Waals surface area contributed by atoms with Gasteiger partial charge in [-0.05, 0) is 45.6 Å². The largest absolute Gasteiger partial charge is 0.453 e. The van der Waals surface area contributed by atoms with E-state index in [0.29, 0.717) is 50.5 Å². The minimum absolute atomic E-state index is 0.148. The summed E-state index contributed by atoms with van der Waals surface area (Å²) in [7, 11) is 4.05. The molecule has 0 atom stereocenters. The molecule has 0 aliphatic rings. The number of hydrogen-bond acceptors (Lipinski definition) is 5. The summed E-state index contributed by atoms with van der Waals surface area (Å²) in [6.45, 7) is 3.58. The normalized spacial score (nSPS) is 11.9. The third-order valence-electron chi connectivity index (χ3n) is 5.96. The lowest BCUT2D eigenvalue weighted by Crippen LogP contribution is -2.18. The molecule has 6 nitrogen and oxygen atoms in total. The number of nitrogens with one attached hydrogen (secondary N) is 2. The molecule has 0 amide bonds. The number of anilines is 1. The zero-order valence-electron chi connectivity index (χ0n) is 18.4. The number of hydrogen-bond donors (Lipinski definition) is 2. The Morgan fingerprint density at radius 3 is 2.34 bits per heavy atom. The molecule has 0 saturated heterocycles. The van der Waals surface area contributed by atoms with Gasteiger partial charge in [0.25, 0.3) is 0 Å². The van der Waals surface area contributed by atoms with Crippen molar-refractivity contribution in [3.05, 3.63) is 74.5 Å². The number of fused-ring (bicyclic) bond motifs is 5. The first kappa shape index (κ1) is 20.3. The Kier molecular flexibility index (Phi) is 4.94. The highest BCUT2D eigenvalue weighted by molar-refractivity contribution is 6.14. The van der Waals surface area contributed by atoms with Crippen molar-refractivity contribution in [2.24, 2.45) is 0 Å². The second kappa shape index (κ2) is 7.80. The Morgan fingerprint density at radius 1 is 0.906 bits per heavy atom. The van der Waals surface area contributed by atoms with Crippen LogP contribution in [0.2, 0.25) is 0 Å². The Labute approximate surface area is 184 Å². The Balaban J connectivity index is 1.88. The summed E-state index contributed by atoms with van der Waals surface area (Å²) in [5.74, 6) is 0. The fraction of sp³-hybridized carbons (Fsp3) is 0.231. The first-order valence-corrected chi connectivity index (χ1v) is 10.8. The van der Waals surface area contributed by atoms with Crippen molar-refractivity contribution in [1.82, 2.24) is 9.88 Å². The second-order valence-electron chi connectivity index (χ2n) is 8.51. The second-order valence-corrected chi connectivity index (χ2v) is 8.51. The zero-order valence-corrected chi connectivity index (χ0v) is 18.4. The van der Waals surface area contributed by atoms with E-state index in [4.69, 9.17) is 4.42 Å². The number of aryl methyl sites for hydroxylation is 1. The molecule has 0 fully saturated rings. The minimum Gasteiger partial charge on any atom is -0.453 e. The number of aromatic nitrogens is 1. The SMILES string of the molecule is Cc1cccc2oc3cc(NCCCN(C)C)c4c(=O)c5ccccc5c(=O)c4c3[nH]c12. The van der Waals surface area contributed by atoms with Crippen LogP contribution in [-0.4, -0.2) is 37.1 Å². The fourth-order valence-electron chi connectivity index (χ4n) is 4.36. The minimum atomic E-state index is -0.170. The molecule has 6 heteroatoms. The number of benzene rings is 4. The molecule has 162 valence electrons. The van der Waals surface area contributed by atoms with Gasteiger partial charge in [-0.25, -0.2) is 0 Å². The molecule has 1 aromatic heterocycles. The van der Waals surface area contributed by atoms with Crippen LogP contribution in [0, 0.1) is 6.92 Å². The van der Waals surface area contributed by atoms with Crippen molar-refractivity contribution in [3.8, 4) is 0 Å². The monoisotopic (exact) mass is 427 g/mol. The van der Waals surface area contributed by atoms with E-state index in [2.05, 4.69) is 15.2 Å². The van der Waals surface area contributed by atoms with Crippen molar-refractivity contribution >= 4 is 49.4 Å². The van der Waals surface area contributed by atoms with Crippen LogP contribution in [0.15, 0.2) is 62.5 Å². The molecule has 0 radical (unpaired) electrons. The van der Waals surface area contributed by atoms with Crippen LogP contribution in [0.1, 0.15) is 12.0 Å². The zero-order chi connectivity index (χ0) is 22.4. The third-order valence-corrected chi connectivity index (χ3v) is 5.96. The van der Waals surface area contributed by atoms with E-state index < -0.39 is 0 Å². The van der Waals surface area contributed by atoms with Gasteiger partial charge in [0.1, 0.15) is 0 Å². The highest BCUT2D eigenvalue weighted by Gasteiger charge is 2.19. The molecule has 5 aromatic rings. The van der Waals surface area contributed by atoms with Crippen molar-refractivity contribution in [1.29, 1.82) is 0 Å². The number of aromatic amines is 1. The molecule has 0 bridgehead atoms. The lowest BCUT2D eigenvalue weighted by Gasteiger charge is -2.14. The van der Waals surface area contributed by atoms with Crippen LogP contribution in [0.4, 0.5) is 5.69 Å². The van der Waals surface area contributed by atoms with E-state index in [1.807, 2.05) is 45.3 Å². The maximum Gasteiger partial charge on any atom is 0.196 e. The molecule has 0 saturated carbocycles.